The van der Waals surface area contributed by atoms with Crippen LogP contribution in [-0.4, -0.2) is 31.2 Å². The van der Waals surface area contributed by atoms with Gasteiger partial charge in [-0.3, -0.25) is 4.79 Å². The third kappa shape index (κ3) is 4.42. The van der Waals surface area contributed by atoms with Gasteiger partial charge < -0.3 is 15.4 Å². The SMILES string of the molecule is COCCNc1ccc(NC(C)=O)nc1. The molecule has 0 radical (unpaired) electrons. The average Bonchev–Trinajstić information content (AvgIpc) is 2.20. The van der Waals surface area contributed by atoms with Crippen LogP contribution in [0, 0.1) is 0 Å². The van der Waals surface area contributed by atoms with Gasteiger partial charge >= 0.3 is 0 Å². The number of aromatic nitrogens is 1. The molecule has 82 valence electrons. The van der Waals surface area contributed by atoms with Crippen molar-refractivity contribution < 1.29 is 9.53 Å². The predicted molar refractivity (Wildman–Crippen MR) is 58.9 cm³/mol. The van der Waals surface area contributed by atoms with Gasteiger partial charge in [0.1, 0.15) is 5.82 Å². The molecule has 2 N–H and O–H groups in total. The van der Waals surface area contributed by atoms with E-state index in [2.05, 4.69) is 15.6 Å². The summed E-state index contributed by atoms with van der Waals surface area (Å²) in [5.41, 5.74) is 0.904. The molecule has 15 heavy (non-hydrogen) atoms. The van der Waals surface area contributed by atoms with Gasteiger partial charge in [0.05, 0.1) is 18.5 Å². The van der Waals surface area contributed by atoms with Crippen molar-refractivity contribution >= 4 is 17.4 Å². The lowest BCUT2D eigenvalue weighted by Gasteiger charge is -2.06. The van der Waals surface area contributed by atoms with E-state index in [0.29, 0.717) is 12.4 Å². The van der Waals surface area contributed by atoms with Gasteiger partial charge in [-0.25, -0.2) is 4.98 Å². The summed E-state index contributed by atoms with van der Waals surface area (Å²) in [6, 6.07) is 3.60. The zero-order chi connectivity index (χ0) is 11.1. The quantitative estimate of drug-likeness (QED) is 0.713. The highest BCUT2D eigenvalue weighted by Gasteiger charge is 1.96. The minimum atomic E-state index is -0.123. The van der Waals surface area contributed by atoms with E-state index in [9.17, 15) is 4.79 Å². The first-order valence-electron chi connectivity index (χ1n) is 4.69. The Morgan fingerprint density at radius 3 is 2.87 bits per heavy atom. The number of anilines is 2. The van der Waals surface area contributed by atoms with Crippen molar-refractivity contribution in [3.8, 4) is 0 Å². The molecule has 0 fully saturated rings. The summed E-state index contributed by atoms with van der Waals surface area (Å²) < 4.78 is 4.90. The van der Waals surface area contributed by atoms with E-state index in [0.717, 1.165) is 12.2 Å². The minimum Gasteiger partial charge on any atom is -0.383 e. The number of carbonyl (C=O) groups is 1. The number of carbonyl (C=O) groups excluding carboxylic acids is 1. The van der Waals surface area contributed by atoms with Crippen molar-refractivity contribution in [1.29, 1.82) is 0 Å². The van der Waals surface area contributed by atoms with E-state index in [1.54, 1.807) is 19.4 Å². The molecule has 0 unspecified atom stereocenters. The smallest absolute Gasteiger partial charge is 0.222 e. The standard InChI is InChI=1S/C10H15N3O2/c1-8(14)13-10-4-3-9(7-12-10)11-5-6-15-2/h3-4,7,11H,5-6H2,1-2H3,(H,12,13,14). The number of nitrogens with one attached hydrogen (secondary N) is 2. The zero-order valence-electron chi connectivity index (χ0n) is 8.91. The Balaban J connectivity index is 2.45. The van der Waals surface area contributed by atoms with E-state index < -0.39 is 0 Å². The monoisotopic (exact) mass is 209 g/mol. The van der Waals surface area contributed by atoms with Crippen LogP contribution in [0.5, 0.6) is 0 Å². The number of ether oxygens (including phenoxy) is 1. The van der Waals surface area contributed by atoms with E-state index in [4.69, 9.17) is 4.74 Å². The van der Waals surface area contributed by atoms with E-state index in [1.807, 2.05) is 6.07 Å². The molecule has 0 atom stereocenters. The Labute approximate surface area is 88.9 Å². The molecule has 1 amide bonds. The van der Waals surface area contributed by atoms with Crippen LogP contribution in [0.1, 0.15) is 6.92 Å². The summed E-state index contributed by atoms with van der Waals surface area (Å²) in [6.45, 7) is 2.83. The first-order valence-corrected chi connectivity index (χ1v) is 4.69. The molecule has 0 aliphatic carbocycles. The van der Waals surface area contributed by atoms with Gasteiger partial charge in [0, 0.05) is 20.6 Å². The molecule has 1 rings (SSSR count). The molecule has 1 aromatic rings. The van der Waals surface area contributed by atoms with Gasteiger partial charge in [-0.2, -0.15) is 0 Å². The highest BCUT2D eigenvalue weighted by atomic mass is 16.5. The number of hydrogen-bond donors (Lipinski definition) is 2. The van der Waals surface area contributed by atoms with Gasteiger partial charge in [0.15, 0.2) is 0 Å². The first kappa shape index (κ1) is 11.5. The van der Waals surface area contributed by atoms with Gasteiger partial charge in [-0.05, 0) is 12.1 Å². The van der Waals surface area contributed by atoms with Crippen LogP contribution >= 0.6 is 0 Å². The molecule has 5 nitrogen and oxygen atoms in total. The number of rotatable bonds is 5. The summed E-state index contributed by atoms with van der Waals surface area (Å²) in [5, 5.41) is 5.72. The third-order valence-corrected chi connectivity index (χ3v) is 1.70. The zero-order valence-corrected chi connectivity index (χ0v) is 8.91. The fourth-order valence-electron chi connectivity index (χ4n) is 1.05. The normalized spacial score (nSPS) is 9.73. The maximum absolute atomic E-state index is 10.7. The van der Waals surface area contributed by atoms with Crippen LogP contribution in [0.3, 0.4) is 0 Å². The third-order valence-electron chi connectivity index (χ3n) is 1.70. The molecule has 0 saturated carbocycles. The van der Waals surface area contributed by atoms with E-state index >= 15 is 0 Å². The summed E-state index contributed by atoms with van der Waals surface area (Å²) in [7, 11) is 1.65. The fourth-order valence-corrected chi connectivity index (χ4v) is 1.05. The van der Waals surface area contributed by atoms with Crippen LogP contribution in [0.2, 0.25) is 0 Å². The Morgan fingerprint density at radius 1 is 1.53 bits per heavy atom. The van der Waals surface area contributed by atoms with Crippen LogP contribution in [0.4, 0.5) is 11.5 Å². The summed E-state index contributed by atoms with van der Waals surface area (Å²) in [4.78, 5) is 14.8. The maximum atomic E-state index is 10.7. The fraction of sp³-hybridized carbons (Fsp3) is 0.400. The molecular weight excluding hydrogens is 194 g/mol. The number of pyridine rings is 1. The average molecular weight is 209 g/mol. The van der Waals surface area contributed by atoms with Crippen molar-refractivity contribution in [3.63, 3.8) is 0 Å². The Morgan fingerprint density at radius 2 is 2.33 bits per heavy atom. The van der Waals surface area contributed by atoms with Crippen molar-refractivity contribution in [2.24, 2.45) is 0 Å². The molecule has 0 aliphatic rings. The Hall–Kier alpha value is -1.62. The number of amides is 1. The van der Waals surface area contributed by atoms with E-state index in [1.165, 1.54) is 6.92 Å². The van der Waals surface area contributed by atoms with E-state index in [-0.39, 0.29) is 5.91 Å². The summed E-state index contributed by atoms with van der Waals surface area (Å²) >= 11 is 0. The number of nitrogens with zero attached hydrogens (tertiary/aromatic N) is 1. The van der Waals surface area contributed by atoms with Crippen molar-refractivity contribution in [2.45, 2.75) is 6.92 Å². The first-order chi connectivity index (χ1) is 7.22. The van der Waals surface area contributed by atoms with Gasteiger partial charge in [-0.15, -0.1) is 0 Å². The molecule has 1 heterocycles. The number of hydrogen-bond acceptors (Lipinski definition) is 4. The molecule has 5 heteroatoms. The second kappa shape index (κ2) is 5.98. The van der Waals surface area contributed by atoms with Crippen LogP contribution in [0.15, 0.2) is 18.3 Å². The number of methoxy groups -OCH3 is 1. The largest absolute Gasteiger partial charge is 0.383 e. The van der Waals surface area contributed by atoms with Crippen LogP contribution in [0.25, 0.3) is 0 Å². The lowest BCUT2D eigenvalue weighted by molar-refractivity contribution is -0.114. The topological polar surface area (TPSA) is 63.2 Å². The lowest BCUT2D eigenvalue weighted by Crippen LogP contribution is -2.09. The molecule has 0 aliphatic heterocycles. The van der Waals surface area contributed by atoms with Gasteiger partial charge in [0.25, 0.3) is 0 Å². The van der Waals surface area contributed by atoms with Gasteiger partial charge in [-0.1, -0.05) is 0 Å². The van der Waals surface area contributed by atoms with Crippen LogP contribution < -0.4 is 10.6 Å². The predicted octanol–water partition coefficient (Wildman–Crippen LogP) is 1.10. The maximum Gasteiger partial charge on any atom is 0.222 e. The van der Waals surface area contributed by atoms with Crippen molar-refractivity contribution in [2.75, 3.05) is 30.9 Å². The molecule has 0 spiro atoms. The molecule has 0 aromatic carbocycles. The van der Waals surface area contributed by atoms with Crippen LogP contribution in [-0.2, 0) is 9.53 Å². The second-order valence-corrected chi connectivity index (χ2v) is 3.03. The highest BCUT2D eigenvalue weighted by Crippen LogP contribution is 2.08. The second-order valence-electron chi connectivity index (χ2n) is 3.03. The Bertz CT molecular complexity index is 311. The Kier molecular flexibility index (Phi) is 4.56. The van der Waals surface area contributed by atoms with Gasteiger partial charge in [0.2, 0.25) is 5.91 Å². The van der Waals surface area contributed by atoms with Crippen molar-refractivity contribution in [1.82, 2.24) is 4.98 Å². The minimum absolute atomic E-state index is 0.123. The summed E-state index contributed by atoms with van der Waals surface area (Å²) in [6.07, 6.45) is 1.67. The molecule has 1 aromatic heterocycles. The lowest BCUT2D eigenvalue weighted by atomic mass is 10.4. The van der Waals surface area contributed by atoms with Crippen molar-refractivity contribution in [3.05, 3.63) is 18.3 Å². The molecule has 0 saturated heterocycles. The molecule has 0 bridgehead atoms. The highest BCUT2D eigenvalue weighted by molar-refractivity contribution is 5.87. The molecular formula is C10H15N3O2. The summed E-state index contributed by atoms with van der Waals surface area (Å²) in [5.74, 6) is 0.433.